The van der Waals surface area contributed by atoms with E-state index in [1.54, 1.807) is 4.90 Å². The molecule has 2 fully saturated rings. The molecule has 2 aliphatic rings. The van der Waals surface area contributed by atoms with Crippen molar-refractivity contribution in [3.63, 3.8) is 0 Å². The minimum absolute atomic E-state index is 0.0491. The molecular formula is C24H29N3O3. The van der Waals surface area contributed by atoms with Crippen LogP contribution in [0.25, 0.3) is 0 Å². The van der Waals surface area contributed by atoms with Gasteiger partial charge in [-0.3, -0.25) is 14.5 Å². The molecule has 2 aliphatic heterocycles. The van der Waals surface area contributed by atoms with Crippen LogP contribution in [-0.4, -0.2) is 43.0 Å². The Hall–Kier alpha value is -2.86. The van der Waals surface area contributed by atoms with Gasteiger partial charge in [-0.1, -0.05) is 24.3 Å². The van der Waals surface area contributed by atoms with Gasteiger partial charge in [-0.2, -0.15) is 0 Å². The average Bonchev–Trinajstić information content (AvgIpc) is 3.38. The van der Waals surface area contributed by atoms with Crippen LogP contribution in [0, 0.1) is 0 Å². The first-order valence-corrected chi connectivity index (χ1v) is 10.8. The zero-order valence-electron chi connectivity index (χ0n) is 17.5. The maximum atomic E-state index is 12.9. The molecule has 1 unspecified atom stereocenters. The van der Waals surface area contributed by atoms with E-state index in [4.69, 9.17) is 4.74 Å². The molecule has 0 bridgehead atoms. The van der Waals surface area contributed by atoms with E-state index >= 15 is 0 Å². The van der Waals surface area contributed by atoms with Gasteiger partial charge in [0, 0.05) is 19.0 Å². The number of carbonyl (C=O) groups is 2. The second kappa shape index (κ2) is 9.30. The summed E-state index contributed by atoms with van der Waals surface area (Å²) in [7, 11) is 0. The van der Waals surface area contributed by atoms with Gasteiger partial charge < -0.3 is 15.0 Å². The number of hydrogen-bond acceptors (Lipinski definition) is 4. The van der Waals surface area contributed by atoms with Gasteiger partial charge in [-0.05, 0) is 62.6 Å². The third kappa shape index (κ3) is 4.49. The number of para-hydroxylation sites is 2. The highest BCUT2D eigenvalue weighted by Crippen LogP contribution is 2.33. The summed E-state index contributed by atoms with van der Waals surface area (Å²) in [5, 5.41) is 3.04. The summed E-state index contributed by atoms with van der Waals surface area (Å²) >= 11 is 0. The Labute approximate surface area is 177 Å². The lowest BCUT2D eigenvalue weighted by Gasteiger charge is -2.25. The maximum Gasteiger partial charge on any atom is 0.238 e. The summed E-state index contributed by atoms with van der Waals surface area (Å²) < 4.78 is 5.54. The normalized spacial score (nSPS) is 19.3. The molecule has 2 heterocycles. The summed E-state index contributed by atoms with van der Waals surface area (Å²) in [5.74, 6) is 0.940. The van der Waals surface area contributed by atoms with Crippen molar-refractivity contribution in [1.29, 1.82) is 0 Å². The highest BCUT2D eigenvalue weighted by Gasteiger charge is 2.28. The second-order valence-corrected chi connectivity index (χ2v) is 7.84. The number of hydrogen-bond donors (Lipinski definition) is 1. The van der Waals surface area contributed by atoms with E-state index in [0.29, 0.717) is 31.8 Å². The van der Waals surface area contributed by atoms with Crippen molar-refractivity contribution in [2.75, 3.05) is 36.5 Å². The first-order chi connectivity index (χ1) is 14.7. The Kier molecular flexibility index (Phi) is 6.33. The minimum Gasteiger partial charge on any atom is -0.494 e. The summed E-state index contributed by atoms with van der Waals surface area (Å²) in [4.78, 5) is 29.0. The molecule has 30 heavy (non-hydrogen) atoms. The standard InChI is InChI=1S/C24H29N3O3/c1-2-30-19-13-11-18(12-14-19)21-9-5-15-26(21)17-23(28)25-20-7-3-4-8-22(20)27-16-6-10-24(27)29/h3-4,7-8,11-14,21H,2,5-6,9-10,15-17H2,1H3,(H,25,28). The number of rotatable bonds is 7. The van der Waals surface area contributed by atoms with Crippen molar-refractivity contribution < 1.29 is 14.3 Å². The third-order valence-electron chi connectivity index (χ3n) is 5.83. The van der Waals surface area contributed by atoms with E-state index in [1.165, 1.54) is 5.56 Å². The largest absolute Gasteiger partial charge is 0.494 e. The zero-order valence-corrected chi connectivity index (χ0v) is 17.5. The predicted molar refractivity (Wildman–Crippen MR) is 118 cm³/mol. The summed E-state index contributed by atoms with van der Waals surface area (Å²) in [6, 6.07) is 16.0. The molecule has 1 N–H and O–H groups in total. The van der Waals surface area contributed by atoms with Crippen molar-refractivity contribution in [3.8, 4) is 5.75 Å². The number of nitrogens with zero attached hydrogens (tertiary/aromatic N) is 2. The maximum absolute atomic E-state index is 12.9. The number of anilines is 2. The van der Waals surface area contributed by atoms with Crippen LogP contribution in [-0.2, 0) is 9.59 Å². The lowest BCUT2D eigenvalue weighted by molar-refractivity contribution is -0.118. The highest BCUT2D eigenvalue weighted by molar-refractivity contribution is 6.02. The molecule has 0 spiro atoms. The van der Waals surface area contributed by atoms with Crippen LogP contribution in [0.4, 0.5) is 11.4 Å². The van der Waals surface area contributed by atoms with Crippen LogP contribution in [0.3, 0.4) is 0 Å². The molecule has 0 aliphatic carbocycles. The molecule has 2 aromatic rings. The van der Waals surface area contributed by atoms with Crippen molar-refractivity contribution in [2.24, 2.45) is 0 Å². The average molecular weight is 408 g/mol. The van der Waals surface area contributed by atoms with E-state index in [9.17, 15) is 9.59 Å². The van der Waals surface area contributed by atoms with E-state index in [1.807, 2.05) is 43.3 Å². The van der Waals surface area contributed by atoms with Crippen LogP contribution in [0.5, 0.6) is 5.75 Å². The Morgan fingerprint density at radius 2 is 1.90 bits per heavy atom. The SMILES string of the molecule is CCOc1ccc(C2CCCN2CC(=O)Nc2ccccc2N2CCCC2=O)cc1. The number of amides is 2. The molecule has 0 saturated carbocycles. The summed E-state index contributed by atoms with van der Waals surface area (Å²) in [6.07, 6.45) is 3.54. The predicted octanol–water partition coefficient (Wildman–Crippen LogP) is 3.99. The van der Waals surface area contributed by atoms with Crippen molar-refractivity contribution in [3.05, 3.63) is 54.1 Å². The zero-order chi connectivity index (χ0) is 20.9. The number of ether oxygens (including phenoxy) is 1. The molecular weight excluding hydrogens is 378 g/mol. The topological polar surface area (TPSA) is 61.9 Å². The first-order valence-electron chi connectivity index (χ1n) is 10.8. The summed E-state index contributed by atoms with van der Waals surface area (Å²) in [5.41, 5.74) is 2.71. The molecule has 158 valence electrons. The third-order valence-corrected chi connectivity index (χ3v) is 5.83. The van der Waals surface area contributed by atoms with Crippen molar-refractivity contribution in [1.82, 2.24) is 4.90 Å². The van der Waals surface area contributed by atoms with Crippen LogP contribution in [0.15, 0.2) is 48.5 Å². The van der Waals surface area contributed by atoms with Crippen LogP contribution >= 0.6 is 0 Å². The minimum atomic E-state index is -0.0491. The van der Waals surface area contributed by atoms with Gasteiger partial charge in [0.15, 0.2) is 0 Å². The van der Waals surface area contributed by atoms with Gasteiger partial charge in [0.25, 0.3) is 0 Å². The van der Waals surface area contributed by atoms with Gasteiger partial charge in [0.1, 0.15) is 5.75 Å². The first kappa shape index (κ1) is 20.4. The van der Waals surface area contributed by atoms with E-state index < -0.39 is 0 Å². The quantitative estimate of drug-likeness (QED) is 0.754. The molecule has 1 atom stereocenters. The number of benzene rings is 2. The fourth-order valence-corrected chi connectivity index (χ4v) is 4.44. The number of carbonyl (C=O) groups excluding carboxylic acids is 2. The van der Waals surface area contributed by atoms with E-state index in [2.05, 4.69) is 22.3 Å². The van der Waals surface area contributed by atoms with Gasteiger partial charge in [-0.25, -0.2) is 0 Å². The Balaban J connectivity index is 1.42. The monoisotopic (exact) mass is 407 g/mol. The fourth-order valence-electron chi connectivity index (χ4n) is 4.44. The molecule has 0 aromatic heterocycles. The van der Waals surface area contributed by atoms with Crippen molar-refractivity contribution in [2.45, 2.75) is 38.6 Å². The molecule has 2 aromatic carbocycles. The number of likely N-dealkylation sites (tertiary alicyclic amines) is 1. The van der Waals surface area contributed by atoms with Crippen LogP contribution < -0.4 is 15.0 Å². The smallest absolute Gasteiger partial charge is 0.238 e. The van der Waals surface area contributed by atoms with Gasteiger partial charge in [0.05, 0.1) is 24.5 Å². The molecule has 6 heteroatoms. The second-order valence-electron chi connectivity index (χ2n) is 7.84. The van der Waals surface area contributed by atoms with Gasteiger partial charge in [0.2, 0.25) is 11.8 Å². The lowest BCUT2D eigenvalue weighted by atomic mass is 10.0. The number of nitrogens with one attached hydrogen (secondary N) is 1. The Morgan fingerprint density at radius 1 is 1.10 bits per heavy atom. The van der Waals surface area contributed by atoms with Crippen LogP contribution in [0.2, 0.25) is 0 Å². The Morgan fingerprint density at radius 3 is 2.63 bits per heavy atom. The Bertz CT molecular complexity index is 897. The van der Waals surface area contributed by atoms with Gasteiger partial charge in [-0.15, -0.1) is 0 Å². The van der Waals surface area contributed by atoms with E-state index in [-0.39, 0.29) is 17.9 Å². The molecule has 4 rings (SSSR count). The highest BCUT2D eigenvalue weighted by atomic mass is 16.5. The van der Waals surface area contributed by atoms with E-state index in [0.717, 1.165) is 37.2 Å². The molecule has 6 nitrogen and oxygen atoms in total. The summed E-state index contributed by atoms with van der Waals surface area (Å²) in [6.45, 7) is 4.57. The molecule has 2 amide bonds. The van der Waals surface area contributed by atoms with Crippen molar-refractivity contribution >= 4 is 23.2 Å². The fraction of sp³-hybridized carbons (Fsp3) is 0.417. The molecule has 2 saturated heterocycles. The molecule has 0 radical (unpaired) electrons. The van der Waals surface area contributed by atoms with Crippen LogP contribution in [0.1, 0.15) is 44.2 Å². The lowest BCUT2D eigenvalue weighted by Crippen LogP contribution is -2.33. The van der Waals surface area contributed by atoms with Gasteiger partial charge >= 0.3 is 0 Å².